The van der Waals surface area contributed by atoms with E-state index >= 15 is 0 Å². The number of hydrogen-bond donors (Lipinski definition) is 1. The van der Waals surface area contributed by atoms with Gasteiger partial charge in [0, 0.05) is 16.3 Å². The molecule has 0 saturated heterocycles. The van der Waals surface area contributed by atoms with Crippen molar-refractivity contribution in [1.82, 2.24) is 14.8 Å². The summed E-state index contributed by atoms with van der Waals surface area (Å²) >= 11 is 7.37. The Labute approximate surface area is 206 Å². The largest absolute Gasteiger partial charge is 0.497 e. The first kappa shape index (κ1) is 23.4. The summed E-state index contributed by atoms with van der Waals surface area (Å²) < 4.78 is 7.14. The number of carbonyl (C=O) groups excluding carboxylic acids is 1. The highest BCUT2D eigenvalue weighted by Crippen LogP contribution is 2.32. The maximum atomic E-state index is 12.9. The van der Waals surface area contributed by atoms with Gasteiger partial charge in [0.05, 0.1) is 23.6 Å². The fraction of sp³-hybridized carbons (Fsp3) is 0.120. The lowest BCUT2D eigenvalue weighted by Gasteiger charge is -2.14. The number of carbonyl (C=O) groups is 1. The standard InChI is InChI=1S/C25H20ClN5O2S/c1-16(24(32)28-22-6-4-3-5-18(22)15-27)34-25-30-29-23(17-7-13-21(33-2)14-8-17)31(25)20-11-9-19(26)10-12-20/h3-14,16H,1-2H3,(H,28,32). The number of rotatable bonds is 7. The summed E-state index contributed by atoms with van der Waals surface area (Å²) in [5, 5.41) is 21.5. The quantitative estimate of drug-likeness (QED) is 0.340. The molecule has 0 radical (unpaired) electrons. The molecular weight excluding hydrogens is 470 g/mol. The van der Waals surface area contributed by atoms with Crippen molar-refractivity contribution >= 4 is 35.0 Å². The smallest absolute Gasteiger partial charge is 0.237 e. The third-order valence-electron chi connectivity index (χ3n) is 5.02. The van der Waals surface area contributed by atoms with E-state index in [9.17, 15) is 10.1 Å². The van der Waals surface area contributed by atoms with E-state index in [1.54, 1.807) is 50.4 Å². The summed E-state index contributed by atoms with van der Waals surface area (Å²) in [6.07, 6.45) is 0. The Hall–Kier alpha value is -3.80. The molecule has 3 aromatic carbocycles. The highest BCUT2D eigenvalue weighted by Gasteiger charge is 2.22. The number of benzene rings is 3. The molecule has 1 N–H and O–H groups in total. The van der Waals surface area contributed by atoms with Crippen molar-refractivity contribution < 1.29 is 9.53 Å². The monoisotopic (exact) mass is 489 g/mol. The SMILES string of the molecule is COc1ccc(-c2nnc(SC(C)C(=O)Nc3ccccc3C#N)n2-c2ccc(Cl)cc2)cc1. The van der Waals surface area contributed by atoms with Crippen molar-refractivity contribution in [1.29, 1.82) is 5.26 Å². The van der Waals surface area contributed by atoms with E-state index in [1.165, 1.54) is 11.8 Å². The van der Waals surface area contributed by atoms with Gasteiger partial charge in [-0.25, -0.2) is 0 Å². The molecule has 34 heavy (non-hydrogen) atoms. The van der Waals surface area contributed by atoms with Crippen LogP contribution in [0, 0.1) is 11.3 Å². The maximum absolute atomic E-state index is 12.9. The molecule has 1 heterocycles. The molecule has 4 rings (SSSR count). The summed E-state index contributed by atoms with van der Waals surface area (Å²) in [7, 11) is 1.61. The van der Waals surface area contributed by atoms with Crippen LogP contribution in [0.2, 0.25) is 5.02 Å². The fourth-order valence-corrected chi connectivity index (χ4v) is 4.23. The topological polar surface area (TPSA) is 92.8 Å². The molecular formula is C25H20ClN5O2S. The van der Waals surface area contributed by atoms with Gasteiger partial charge < -0.3 is 10.1 Å². The zero-order valence-corrected chi connectivity index (χ0v) is 20.0. The third-order valence-corrected chi connectivity index (χ3v) is 6.32. The van der Waals surface area contributed by atoms with Crippen LogP contribution in [0.25, 0.3) is 17.1 Å². The Balaban J connectivity index is 1.65. The normalized spacial score (nSPS) is 11.5. The molecule has 170 valence electrons. The first-order valence-corrected chi connectivity index (χ1v) is 11.6. The van der Waals surface area contributed by atoms with Gasteiger partial charge in [0.1, 0.15) is 11.8 Å². The van der Waals surface area contributed by atoms with E-state index in [0.29, 0.717) is 27.3 Å². The number of hydrogen-bond acceptors (Lipinski definition) is 6. The van der Waals surface area contributed by atoms with Crippen LogP contribution in [0.15, 0.2) is 78.0 Å². The molecule has 0 spiro atoms. The molecule has 0 bridgehead atoms. The van der Waals surface area contributed by atoms with Crippen LogP contribution in [0.4, 0.5) is 5.69 Å². The van der Waals surface area contributed by atoms with Crippen molar-refractivity contribution in [3.8, 4) is 28.9 Å². The molecule has 1 atom stereocenters. The third kappa shape index (κ3) is 5.06. The van der Waals surface area contributed by atoms with Crippen molar-refractivity contribution in [2.45, 2.75) is 17.3 Å². The van der Waals surface area contributed by atoms with Crippen LogP contribution in [-0.4, -0.2) is 33.0 Å². The molecule has 4 aromatic rings. The molecule has 7 nitrogen and oxygen atoms in total. The number of ether oxygens (including phenoxy) is 1. The van der Waals surface area contributed by atoms with E-state index in [-0.39, 0.29) is 5.91 Å². The number of nitrogens with one attached hydrogen (secondary N) is 1. The molecule has 1 unspecified atom stereocenters. The van der Waals surface area contributed by atoms with Crippen LogP contribution in [0.1, 0.15) is 12.5 Å². The highest BCUT2D eigenvalue weighted by molar-refractivity contribution is 8.00. The maximum Gasteiger partial charge on any atom is 0.237 e. The van der Waals surface area contributed by atoms with Crippen LogP contribution >= 0.6 is 23.4 Å². The van der Waals surface area contributed by atoms with Gasteiger partial charge in [0.15, 0.2) is 11.0 Å². The number of halogens is 1. The first-order chi connectivity index (χ1) is 16.5. The van der Waals surface area contributed by atoms with Gasteiger partial charge in [0.25, 0.3) is 0 Å². The lowest BCUT2D eigenvalue weighted by molar-refractivity contribution is -0.115. The fourth-order valence-electron chi connectivity index (χ4n) is 3.23. The Bertz CT molecular complexity index is 1350. The van der Waals surface area contributed by atoms with E-state index < -0.39 is 5.25 Å². The second-order valence-electron chi connectivity index (χ2n) is 7.25. The Morgan fingerprint density at radius 2 is 1.79 bits per heavy atom. The van der Waals surface area contributed by atoms with Gasteiger partial charge in [-0.15, -0.1) is 10.2 Å². The van der Waals surface area contributed by atoms with Crippen LogP contribution in [0.5, 0.6) is 5.75 Å². The van der Waals surface area contributed by atoms with E-state index in [0.717, 1.165) is 17.0 Å². The van der Waals surface area contributed by atoms with Crippen molar-refractivity contribution in [3.05, 3.63) is 83.4 Å². The Morgan fingerprint density at radius 3 is 2.47 bits per heavy atom. The number of thioether (sulfide) groups is 1. The van der Waals surface area contributed by atoms with Gasteiger partial charge >= 0.3 is 0 Å². The zero-order valence-electron chi connectivity index (χ0n) is 18.4. The van der Waals surface area contributed by atoms with Crippen molar-refractivity contribution in [2.75, 3.05) is 12.4 Å². The number of methoxy groups -OCH3 is 1. The molecule has 0 aliphatic heterocycles. The minimum absolute atomic E-state index is 0.246. The minimum Gasteiger partial charge on any atom is -0.497 e. The molecule has 1 amide bonds. The van der Waals surface area contributed by atoms with Gasteiger partial charge in [-0.1, -0.05) is 35.5 Å². The number of nitrogens with zero attached hydrogens (tertiary/aromatic N) is 4. The second kappa shape index (κ2) is 10.4. The predicted octanol–water partition coefficient (Wildman–Crippen LogP) is 5.59. The first-order valence-electron chi connectivity index (χ1n) is 10.3. The van der Waals surface area contributed by atoms with E-state index in [4.69, 9.17) is 16.3 Å². The van der Waals surface area contributed by atoms with E-state index in [1.807, 2.05) is 41.0 Å². The summed E-state index contributed by atoms with van der Waals surface area (Å²) in [4.78, 5) is 12.9. The zero-order chi connectivity index (χ0) is 24.1. The molecule has 9 heteroatoms. The van der Waals surface area contributed by atoms with Gasteiger partial charge in [-0.05, 0) is 67.6 Å². The number of aromatic nitrogens is 3. The number of anilines is 1. The molecule has 0 saturated carbocycles. The summed E-state index contributed by atoms with van der Waals surface area (Å²) in [5.41, 5.74) is 2.53. The van der Waals surface area contributed by atoms with Crippen molar-refractivity contribution in [3.63, 3.8) is 0 Å². The number of amides is 1. The van der Waals surface area contributed by atoms with Crippen molar-refractivity contribution in [2.24, 2.45) is 0 Å². The summed E-state index contributed by atoms with van der Waals surface area (Å²) in [6.45, 7) is 1.78. The second-order valence-corrected chi connectivity index (χ2v) is 9.00. The average Bonchev–Trinajstić information content (AvgIpc) is 3.28. The van der Waals surface area contributed by atoms with E-state index in [2.05, 4.69) is 21.6 Å². The minimum atomic E-state index is -0.509. The molecule has 0 fully saturated rings. The number of para-hydroxylation sites is 1. The van der Waals surface area contributed by atoms with Crippen LogP contribution in [0.3, 0.4) is 0 Å². The van der Waals surface area contributed by atoms with Gasteiger partial charge in [-0.3, -0.25) is 9.36 Å². The van der Waals surface area contributed by atoms with Gasteiger partial charge in [0.2, 0.25) is 5.91 Å². The average molecular weight is 490 g/mol. The van der Waals surface area contributed by atoms with Crippen LogP contribution < -0.4 is 10.1 Å². The Morgan fingerprint density at radius 1 is 1.09 bits per heavy atom. The predicted molar refractivity (Wildman–Crippen MR) is 133 cm³/mol. The molecule has 1 aromatic heterocycles. The summed E-state index contributed by atoms with van der Waals surface area (Å²) in [5.74, 6) is 1.11. The highest BCUT2D eigenvalue weighted by atomic mass is 35.5. The summed E-state index contributed by atoms with van der Waals surface area (Å²) in [6, 6.07) is 23.8. The lowest BCUT2D eigenvalue weighted by atomic mass is 10.2. The number of nitriles is 1. The lowest BCUT2D eigenvalue weighted by Crippen LogP contribution is -2.23. The molecule has 0 aliphatic carbocycles. The Kier molecular flexibility index (Phi) is 7.16. The van der Waals surface area contributed by atoms with Gasteiger partial charge in [-0.2, -0.15) is 5.26 Å². The van der Waals surface area contributed by atoms with Crippen LogP contribution in [-0.2, 0) is 4.79 Å². The molecule has 0 aliphatic rings.